The first-order chi connectivity index (χ1) is 10.0. The van der Waals surface area contributed by atoms with Crippen LogP contribution >= 0.6 is 0 Å². The van der Waals surface area contributed by atoms with Crippen molar-refractivity contribution in [2.75, 3.05) is 6.79 Å². The van der Waals surface area contributed by atoms with Gasteiger partial charge in [0.15, 0.2) is 0 Å². The molecule has 0 radical (unpaired) electrons. The molecule has 6 nitrogen and oxygen atoms in total. The molecule has 0 aromatic rings. The second-order valence-corrected chi connectivity index (χ2v) is 4.99. The Morgan fingerprint density at radius 2 is 1.24 bits per heavy atom. The van der Waals surface area contributed by atoms with Gasteiger partial charge in [-0.2, -0.15) is 0 Å². The summed E-state index contributed by atoms with van der Waals surface area (Å²) in [6, 6.07) is 0. The van der Waals surface area contributed by atoms with Gasteiger partial charge in [0.2, 0.25) is 6.79 Å². The molecule has 0 atom stereocenters. The Morgan fingerprint density at radius 3 is 1.71 bits per heavy atom. The van der Waals surface area contributed by atoms with E-state index >= 15 is 0 Å². The fraction of sp³-hybridized carbons (Fsp3) is 0.800. The molecule has 0 heterocycles. The van der Waals surface area contributed by atoms with E-state index in [1.165, 1.54) is 6.92 Å². The highest BCUT2D eigenvalue weighted by molar-refractivity contribution is 5.69. The van der Waals surface area contributed by atoms with Gasteiger partial charge in [0.05, 0.1) is 0 Å². The molecule has 0 aliphatic heterocycles. The molecule has 0 rings (SSSR count). The average molecular weight is 302 g/mol. The number of carbonyl (C=O) groups excluding carboxylic acids is 2. The fourth-order valence-corrected chi connectivity index (χ4v) is 1.86. The predicted octanol–water partition coefficient (Wildman–Crippen LogP) is 3.04. The van der Waals surface area contributed by atoms with E-state index in [1.807, 2.05) is 0 Å². The SMILES string of the molecule is CC(=O)OCOC(=O)CCCCCCCCCCC(=O)O. The van der Waals surface area contributed by atoms with Gasteiger partial charge in [-0.15, -0.1) is 0 Å². The Hall–Kier alpha value is -1.59. The van der Waals surface area contributed by atoms with Crippen molar-refractivity contribution in [1.82, 2.24) is 0 Å². The van der Waals surface area contributed by atoms with E-state index in [1.54, 1.807) is 0 Å². The van der Waals surface area contributed by atoms with E-state index < -0.39 is 11.9 Å². The van der Waals surface area contributed by atoms with Crippen LogP contribution in [0.2, 0.25) is 0 Å². The summed E-state index contributed by atoms with van der Waals surface area (Å²) >= 11 is 0. The number of ether oxygens (including phenoxy) is 2. The van der Waals surface area contributed by atoms with Crippen molar-refractivity contribution in [3.05, 3.63) is 0 Å². The molecule has 0 aromatic heterocycles. The summed E-state index contributed by atoms with van der Waals surface area (Å²) in [5, 5.41) is 8.48. The number of rotatable bonds is 13. The van der Waals surface area contributed by atoms with Crippen molar-refractivity contribution in [3.8, 4) is 0 Å². The Bertz CT molecular complexity index is 313. The molecule has 0 amide bonds. The van der Waals surface area contributed by atoms with E-state index in [0.29, 0.717) is 6.42 Å². The standard InChI is InChI=1S/C15H26O6/c1-13(16)20-12-21-15(19)11-9-7-5-3-2-4-6-8-10-14(17)18/h2-12H2,1H3,(H,17,18). The predicted molar refractivity (Wildman–Crippen MR) is 76.5 cm³/mol. The molecular formula is C15H26O6. The van der Waals surface area contributed by atoms with Crippen LogP contribution in [0.1, 0.15) is 71.1 Å². The van der Waals surface area contributed by atoms with E-state index in [-0.39, 0.29) is 19.2 Å². The van der Waals surface area contributed by atoms with Crippen molar-refractivity contribution in [2.45, 2.75) is 71.1 Å². The van der Waals surface area contributed by atoms with Crippen molar-refractivity contribution < 1.29 is 29.0 Å². The fourth-order valence-electron chi connectivity index (χ4n) is 1.86. The molecule has 0 aromatic carbocycles. The molecule has 0 bridgehead atoms. The van der Waals surface area contributed by atoms with Gasteiger partial charge in [-0.25, -0.2) is 0 Å². The van der Waals surface area contributed by atoms with Gasteiger partial charge < -0.3 is 14.6 Å². The number of carbonyl (C=O) groups is 3. The second-order valence-electron chi connectivity index (χ2n) is 4.99. The summed E-state index contributed by atoms with van der Waals surface area (Å²) in [6.07, 6.45) is 8.42. The minimum Gasteiger partial charge on any atom is -0.481 e. The maximum Gasteiger partial charge on any atom is 0.308 e. The lowest BCUT2D eigenvalue weighted by Gasteiger charge is -2.04. The van der Waals surface area contributed by atoms with Crippen LogP contribution in [0.25, 0.3) is 0 Å². The van der Waals surface area contributed by atoms with Crippen LogP contribution in [0.5, 0.6) is 0 Å². The van der Waals surface area contributed by atoms with Crippen molar-refractivity contribution in [2.24, 2.45) is 0 Å². The molecule has 0 spiro atoms. The van der Waals surface area contributed by atoms with Gasteiger partial charge in [-0.3, -0.25) is 14.4 Å². The molecule has 0 saturated carbocycles. The van der Waals surface area contributed by atoms with Crippen molar-refractivity contribution >= 4 is 17.9 Å². The first kappa shape index (κ1) is 19.4. The molecule has 0 fully saturated rings. The maximum absolute atomic E-state index is 11.2. The van der Waals surface area contributed by atoms with Gasteiger partial charge in [0.25, 0.3) is 0 Å². The summed E-state index contributed by atoms with van der Waals surface area (Å²) in [5.74, 6) is -1.54. The lowest BCUT2D eigenvalue weighted by Crippen LogP contribution is -2.10. The van der Waals surface area contributed by atoms with Crippen molar-refractivity contribution in [3.63, 3.8) is 0 Å². The number of carboxylic acid groups (broad SMARTS) is 1. The summed E-state index contributed by atoms with van der Waals surface area (Å²) in [4.78, 5) is 32.0. The maximum atomic E-state index is 11.2. The van der Waals surface area contributed by atoms with Crippen LogP contribution in [0.15, 0.2) is 0 Å². The minimum atomic E-state index is -0.726. The highest BCUT2D eigenvalue weighted by Crippen LogP contribution is 2.10. The molecule has 0 unspecified atom stereocenters. The molecule has 6 heteroatoms. The van der Waals surface area contributed by atoms with Gasteiger partial charge in [-0.05, 0) is 12.8 Å². The molecule has 0 aliphatic rings. The summed E-state index contributed by atoms with van der Waals surface area (Å²) in [5.41, 5.74) is 0. The third kappa shape index (κ3) is 16.4. The average Bonchev–Trinajstić information content (AvgIpc) is 2.40. The largest absolute Gasteiger partial charge is 0.481 e. The number of hydrogen-bond donors (Lipinski definition) is 1. The third-order valence-corrected chi connectivity index (χ3v) is 3.00. The highest BCUT2D eigenvalue weighted by atomic mass is 16.7. The van der Waals surface area contributed by atoms with Gasteiger partial charge in [-0.1, -0.05) is 38.5 Å². The number of aliphatic carboxylic acids is 1. The van der Waals surface area contributed by atoms with Crippen LogP contribution in [-0.2, 0) is 23.9 Å². The lowest BCUT2D eigenvalue weighted by atomic mass is 10.1. The topological polar surface area (TPSA) is 89.9 Å². The van der Waals surface area contributed by atoms with Crippen LogP contribution < -0.4 is 0 Å². The number of carboxylic acids is 1. The van der Waals surface area contributed by atoms with Crippen LogP contribution in [0.3, 0.4) is 0 Å². The number of hydrogen-bond acceptors (Lipinski definition) is 5. The quantitative estimate of drug-likeness (QED) is 0.319. The van der Waals surface area contributed by atoms with Gasteiger partial charge >= 0.3 is 17.9 Å². The van der Waals surface area contributed by atoms with Gasteiger partial charge in [0, 0.05) is 19.8 Å². The Labute approximate surface area is 125 Å². The number of esters is 2. The van der Waals surface area contributed by atoms with E-state index in [2.05, 4.69) is 4.74 Å². The Kier molecular flexibility index (Phi) is 12.4. The van der Waals surface area contributed by atoms with Crippen molar-refractivity contribution in [1.29, 1.82) is 0 Å². The summed E-state index contributed by atoms with van der Waals surface area (Å²) < 4.78 is 9.21. The first-order valence-corrected chi connectivity index (χ1v) is 7.53. The molecule has 0 saturated heterocycles. The highest BCUT2D eigenvalue weighted by Gasteiger charge is 2.03. The van der Waals surface area contributed by atoms with E-state index in [0.717, 1.165) is 51.4 Å². The zero-order valence-corrected chi connectivity index (χ0v) is 12.8. The molecule has 1 N–H and O–H groups in total. The smallest absolute Gasteiger partial charge is 0.308 e. The first-order valence-electron chi connectivity index (χ1n) is 7.53. The Balaban J connectivity index is 3.19. The van der Waals surface area contributed by atoms with Crippen LogP contribution in [0.4, 0.5) is 0 Å². The third-order valence-electron chi connectivity index (χ3n) is 3.00. The molecule has 122 valence electrons. The second kappa shape index (κ2) is 13.4. The molecule has 21 heavy (non-hydrogen) atoms. The zero-order valence-electron chi connectivity index (χ0n) is 12.8. The van der Waals surface area contributed by atoms with E-state index in [9.17, 15) is 14.4 Å². The van der Waals surface area contributed by atoms with Crippen LogP contribution in [0, 0.1) is 0 Å². The van der Waals surface area contributed by atoms with Gasteiger partial charge in [0.1, 0.15) is 0 Å². The zero-order chi connectivity index (χ0) is 15.9. The normalized spacial score (nSPS) is 10.1. The summed E-state index contributed by atoms with van der Waals surface area (Å²) in [6.45, 7) is 0.958. The Morgan fingerprint density at radius 1 is 0.762 bits per heavy atom. The summed E-state index contributed by atoms with van der Waals surface area (Å²) in [7, 11) is 0. The lowest BCUT2D eigenvalue weighted by molar-refractivity contribution is -0.165. The monoisotopic (exact) mass is 302 g/mol. The number of unbranched alkanes of at least 4 members (excludes halogenated alkanes) is 7. The minimum absolute atomic E-state index is 0.259. The molecule has 0 aliphatic carbocycles. The van der Waals surface area contributed by atoms with E-state index in [4.69, 9.17) is 9.84 Å². The molecular weight excluding hydrogens is 276 g/mol. The van der Waals surface area contributed by atoms with Crippen LogP contribution in [-0.4, -0.2) is 29.8 Å².